The molecule has 0 heterocycles. The Bertz CT molecular complexity index is 440. The molecule has 20 heavy (non-hydrogen) atoms. The van der Waals surface area contributed by atoms with Crippen molar-refractivity contribution in [2.75, 3.05) is 0 Å². The molecule has 0 radical (unpaired) electrons. The summed E-state index contributed by atoms with van der Waals surface area (Å²) >= 11 is 0. The van der Waals surface area contributed by atoms with Crippen LogP contribution in [-0.4, -0.2) is 6.04 Å². The average Bonchev–Trinajstić information content (AvgIpc) is 2.90. The standard InChI is InChI=1S/C18H26FN/c1-14(16-6-2-3-7-17(16)19)20-15-8-12-18(13-9-15)10-4-5-11-18/h2-3,6-7,14-15,20H,4-5,8-13H2,1H3/t14-/m1/s1. The molecule has 2 aliphatic rings. The first kappa shape index (κ1) is 14.1. The first-order valence-corrected chi connectivity index (χ1v) is 8.19. The molecule has 0 unspecified atom stereocenters. The van der Waals surface area contributed by atoms with Crippen molar-refractivity contribution in [3.05, 3.63) is 35.6 Å². The van der Waals surface area contributed by atoms with Crippen molar-refractivity contribution in [1.29, 1.82) is 0 Å². The van der Waals surface area contributed by atoms with Gasteiger partial charge < -0.3 is 5.32 Å². The van der Waals surface area contributed by atoms with Gasteiger partial charge in [-0.25, -0.2) is 4.39 Å². The average molecular weight is 275 g/mol. The van der Waals surface area contributed by atoms with Gasteiger partial charge in [-0.2, -0.15) is 0 Å². The Morgan fingerprint density at radius 3 is 2.40 bits per heavy atom. The molecule has 2 aliphatic carbocycles. The van der Waals surface area contributed by atoms with E-state index in [1.165, 1.54) is 51.4 Å². The zero-order chi connectivity index (χ0) is 14.0. The van der Waals surface area contributed by atoms with Gasteiger partial charge in [0.1, 0.15) is 5.82 Å². The van der Waals surface area contributed by atoms with Crippen LogP contribution in [0, 0.1) is 11.2 Å². The Kier molecular flexibility index (Phi) is 4.11. The SMILES string of the molecule is C[C@@H](NC1CCC2(CCCC2)CC1)c1ccccc1F. The summed E-state index contributed by atoms with van der Waals surface area (Å²) in [6.07, 6.45) is 11.0. The summed E-state index contributed by atoms with van der Waals surface area (Å²) in [5.41, 5.74) is 1.48. The molecule has 2 heteroatoms. The summed E-state index contributed by atoms with van der Waals surface area (Å²) in [6, 6.07) is 7.81. The number of rotatable bonds is 3. The van der Waals surface area contributed by atoms with E-state index in [0.717, 1.165) is 5.56 Å². The van der Waals surface area contributed by atoms with Crippen molar-refractivity contribution >= 4 is 0 Å². The number of benzene rings is 1. The molecule has 2 saturated carbocycles. The summed E-state index contributed by atoms with van der Waals surface area (Å²) in [4.78, 5) is 0. The second-order valence-corrected chi connectivity index (χ2v) is 6.89. The molecule has 110 valence electrons. The highest BCUT2D eigenvalue weighted by molar-refractivity contribution is 5.20. The van der Waals surface area contributed by atoms with Gasteiger partial charge in [0.15, 0.2) is 0 Å². The normalized spacial score (nSPS) is 24.1. The zero-order valence-electron chi connectivity index (χ0n) is 12.5. The van der Waals surface area contributed by atoms with E-state index in [1.807, 2.05) is 12.1 Å². The Morgan fingerprint density at radius 2 is 1.75 bits per heavy atom. The summed E-state index contributed by atoms with van der Waals surface area (Å²) in [6.45, 7) is 2.08. The van der Waals surface area contributed by atoms with E-state index in [1.54, 1.807) is 12.1 Å². The molecule has 1 atom stereocenters. The van der Waals surface area contributed by atoms with Crippen molar-refractivity contribution in [3.63, 3.8) is 0 Å². The minimum Gasteiger partial charge on any atom is -0.307 e. The number of halogens is 1. The maximum Gasteiger partial charge on any atom is 0.127 e. The van der Waals surface area contributed by atoms with Crippen molar-refractivity contribution in [1.82, 2.24) is 5.32 Å². The Hall–Kier alpha value is -0.890. The summed E-state index contributed by atoms with van der Waals surface area (Å²) in [7, 11) is 0. The second kappa shape index (κ2) is 5.85. The van der Waals surface area contributed by atoms with Crippen LogP contribution >= 0.6 is 0 Å². The first-order valence-electron chi connectivity index (χ1n) is 8.19. The Labute approximate surface area is 122 Å². The highest BCUT2D eigenvalue weighted by Crippen LogP contribution is 2.49. The molecule has 1 aromatic rings. The van der Waals surface area contributed by atoms with Crippen LogP contribution in [0.15, 0.2) is 24.3 Å². The Balaban J connectivity index is 1.56. The molecule has 1 N–H and O–H groups in total. The number of hydrogen-bond acceptors (Lipinski definition) is 1. The molecular weight excluding hydrogens is 249 g/mol. The van der Waals surface area contributed by atoms with Gasteiger partial charge in [-0.3, -0.25) is 0 Å². The van der Waals surface area contributed by atoms with Crippen LogP contribution < -0.4 is 5.32 Å². The Morgan fingerprint density at radius 1 is 1.10 bits per heavy atom. The molecule has 1 nitrogen and oxygen atoms in total. The highest BCUT2D eigenvalue weighted by atomic mass is 19.1. The lowest BCUT2D eigenvalue weighted by Crippen LogP contribution is -2.38. The second-order valence-electron chi connectivity index (χ2n) is 6.89. The summed E-state index contributed by atoms with van der Waals surface area (Å²) in [5.74, 6) is -0.0874. The molecule has 2 fully saturated rings. The lowest BCUT2D eigenvalue weighted by Gasteiger charge is -2.38. The van der Waals surface area contributed by atoms with Crippen LogP contribution in [-0.2, 0) is 0 Å². The van der Waals surface area contributed by atoms with Gasteiger partial charge in [-0.1, -0.05) is 31.0 Å². The fourth-order valence-electron chi connectivity index (χ4n) is 4.29. The lowest BCUT2D eigenvalue weighted by atomic mass is 9.71. The van der Waals surface area contributed by atoms with Crippen molar-refractivity contribution < 1.29 is 4.39 Å². The minimum atomic E-state index is -0.0874. The third-order valence-electron chi connectivity index (χ3n) is 5.57. The van der Waals surface area contributed by atoms with Gasteiger partial charge in [0, 0.05) is 17.6 Å². The van der Waals surface area contributed by atoms with E-state index in [0.29, 0.717) is 11.5 Å². The van der Waals surface area contributed by atoms with E-state index in [-0.39, 0.29) is 11.9 Å². The van der Waals surface area contributed by atoms with E-state index in [4.69, 9.17) is 0 Å². The van der Waals surface area contributed by atoms with Crippen molar-refractivity contribution in [3.8, 4) is 0 Å². The van der Waals surface area contributed by atoms with E-state index < -0.39 is 0 Å². The van der Waals surface area contributed by atoms with E-state index in [9.17, 15) is 4.39 Å². The van der Waals surface area contributed by atoms with Crippen LogP contribution in [0.25, 0.3) is 0 Å². The number of hydrogen-bond donors (Lipinski definition) is 1. The van der Waals surface area contributed by atoms with E-state index >= 15 is 0 Å². The van der Waals surface area contributed by atoms with Crippen LogP contribution in [0.1, 0.15) is 69.9 Å². The predicted molar refractivity (Wildman–Crippen MR) is 81.1 cm³/mol. The fourth-order valence-corrected chi connectivity index (χ4v) is 4.29. The molecule has 0 aromatic heterocycles. The third-order valence-corrected chi connectivity index (χ3v) is 5.57. The van der Waals surface area contributed by atoms with Gasteiger partial charge >= 0.3 is 0 Å². The largest absolute Gasteiger partial charge is 0.307 e. The van der Waals surface area contributed by atoms with Crippen molar-refractivity contribution in [2.24, 2.45) is 5.41 Å². The molecule has 0 amide bonds. The van der Waals surface area contributed by atoms with Gasteiger partial charge in [-0.05, 0) is 56.9 Å². The van der Waals surface area contributed by atoms with Gasteiger partial charge in [0.25, 0.3) is 0 Å². The topological polar surface area (TPSA) is 12.0 Å². The summed E-state index contributed by atoms with van der Waals surface area (Å²) < 4.78 is 13.8. The molecule has 0 bridgehead atoms. The monoisotopic (exact) mass is 275 g/mol. The number of nitrogens with one attached hydrogen (secondary N) is 1. The molecule has 1 aromatic carbocycles. The quantitative estimate of drug-likeness (QED) is 0.820. The van der Waals surface area contributed by atoms with Crippen LogP contribution in [0.5, 0.6) is 0 Å². The van der Waals surface area contributed by atoms with Crippen molar-refractivity contribution in [2.45, 2.75) is 70.4 Å². The lowest BCUT2D eigenvalue weighted by molar-refractivity contribution is 0.163. The van der Waals surface area contributed by atoms with E-state index in [2.05, 4.69) is 12.2 Å². The maximum absolute atomic E-state index is 13.8. The fraction of sp³-hybridized carbons (Fsp3) is 0.667. The van der Waals surface area contributed by atoms with Gasteiger partial charge in [0.2, 0.25) is 0 Å². The highest BCUT2D eigenvalue weighted by Gasteiger charge is 2.37. The van der Waals surface area contributed by atoms with Gasteiger partial charge in [0.05, 0.1) is 0 Å². The molecule has 0 saturated heterocycles. The first-order chi connectivity index (χ1) is 9.69. The minimum absolute atomic E-state index is 0.0874. The molecule has 1 spiro atoms. The molecule has 3 rings (SSSR count). The maximum atomic E-state index is 13.8. The smallest absolute Gasteiger partial charge is 0.127 e. The molecular formula is C18H26FN. The van der Waals surface area contributed by atoms with Crippen LogP contribution in [0.2, 0.25) is 0 Å². The summed E-state index contributed by atoms with van der Waals surface area (Å²) in [5, 5.41) is 3.64. The van der Waals surface area contributed by atoms with Gasteiger partial charge in [-0.15, -0.1) is 0 Å². The molecule has 0 aliphatic heterocycles. The van der Waals surface area contributed by atoms with Crippen LogP contribution in [0.4, 0.5) is 4.39 Å². The predicted octanol–water partition coefficient (Wildman–Crippen LogP) is 4.98. The third kappa shape index (κ3) is 2.90. The zero-order valence-corrected chi connectivity index (χ0v) is 12.5. The van der Waals surface area contributed by atoms with Crippen LogP contribution in [0.3, 0.4) is 0 Å².